The maximum absolute atomic E-state index is 13.3. The molecule has 162 valence electrons. The Bertz CT molecular complexity index is 965. The van der Waals surface area contributed by atoms with Crippen molar-refractivity contribution in [3.63, 3.8) is 0 Å². The second kappa shape index (κ2) is 7.68. The maximum atomic E-state index is 13.3. The lowest BCUT2D eigenvalue weighted by Gasteiger charge is -2.41. The van der Waals surface area contributed by atoms with Crippen LogP contribution in [0.5, 0.6) is 0 Å². The van der Waals surface area contributed by atoms with Gasteiger partial charge in [0.05, 0.1) is 6.61 Å². The summed E-state index contributed by atoms with van der Waals surface area (Å²) in [7, 11) is 0. The zero-order valence-electron chi connectivity index (χ0n) is 17.6. The summed E-state index contributed by atoms with van der Waals surface area (Å²) in [6.07, 6.45) is 2.49. The number of hydrogen-bond donors (Lipinski definition) is 1. The number of aliphatic carboxylic acids is 1. The largest absolute Gasteiger partial charge is 0.480 e. The average molecular weight is 421 g/mol. The number of carbonyl (C=O) groups is 2. The number of fused-ring (bicyclic) bond motifs is 3. The van der Waals surface area contributed by atoms with Crippen LogP contribution in [0.15, 0.2) is 48.5 Å². The molecule has 31 heavy (non-hydrogen) atoms. The molecule has 6 nitrogen and oxygen atoms in total. The van der Waals surface area contributed by atoms with Gasteiger partial charge in [-0.25, -0.2) is 9.59 Å². The van der Waals surface area contributed by atoms with Crippen LogP contribution in [0, 0.1) is 5.92 Å². The molecule has 1 heterocycles. The Morgan fingerprint density at radius 3 is 2.23 bits per heavy atom. The summed E-state index contributed by atoms with van der Waals surface area (Å²) in [6, 6.07) is 15.3. The van der Waals surface area contributed by atoms with Crippen LogP contribution in [-0.4, -0.2) is 47.0 Å². The van der Waals surface area contributed by atoms with Crippen molar-refractivity contribution in [2.45, 2.75) is 50.3 Å². The van der Waals surface area contributed by atoms with E-state index in [0.29, 0.717) is 18.8 Å². The van der Waals surface area contributed by atoms with Gasteiger partial charge < -0.3 is 14.6 Å². The molecule has 1 saturated heterocycles. The summed E-state index contributed by atoms with van der Waals surface area (Å²) < 4.78 is 11.8. The van der Waals surface area contributed by atoms with Crippen molar-refractivity contribution < 1.29 is 24.2 Å². The number of carboxylic acids is 1. The molecule has 1 atom stereocenters. The van der Waals surface area contributed by atoms with Gasteiger partial charge in [-0.2, -0.15) is 0 Å². The SMILES string of the molecule is CC1CCC2(CC1)OCC(C(=O)O)N2C(=O)OCC1c2ccccc2-c2ccccc21. The second-order valence-corrected chi connectivity index (χ2v) is 8.97. The molecule has 6 heteroatoms. The standard InChI is InChI=1S/C25H27NO5/c1-16-10-12-25(13-11-16)26(22(15-31-25)23(27)28)24(29)30-14-21-19-8-4-2-6-17(19)18-7-3-5-9-20(18)21/h2-9,16,21-22H,10-15H2,1H3,(H,27,28). The third-order valence-electron chi connectivity index (χ3n) is 7.13. The molecular formula is C25H27NO5. The highest BCUT2D eigenvalue weighted by Crippen LogP contribution is 2.46. The first-order valence-corrected chi connectivity index (χ1v) is 11.0. The van der Waals surface area contributed by atoms with Gasteiger partial charge in [0.25, 0.3) is 0 Å². The van der Waals surface area contributed by atoms with Crippen LogP contribution in [0.1, 0.15) is 49.7 Å². The molecule has 1 amide bonds. The Labute approximate surface area is 181 Å². The monoisotopic (exact) mass is 421 g/mol. The van der Waals surface area contributed by atoms with E-state index in [9.17, 15) is 14.7 Å². The van der Waals surface area contributed by atoms with Crippen LogP contribution >= 0.6 is 0 Å². The molecule has 5 rings (SSSR count). The fourth-order valence-corrected chi connectivity index (χ4v) is 5.40. The van der Waals surface area contributed by atoms with Crippen molar-refractivity contribution in [3.05, 3.63) is 59.7 Å². The van der Waals surface area contributed by atoms with Crippen LogP contribution < -0.4 is 0 Å². The van der Waals surface area contributed by atoms with Crippen molar-refractivity contribution in [1.82, 2.24) is 4.90 Å². The maximum Gasteiger partial charge on any atom is 0.412 e. The van der Waals surface area contributed by atoms with Gasteiger partial charge >= 0.3 is 12.1 Å². The molecule has 0 radical (unpaired) electrons. The summed E-state index contributed by atoms with van der Waals surface area (Å²) >= 11 is 0. The molecule has 1 aliphatic heterocycles. The molecule has 1 N–H and O–H groups in total. The number of hydrogen-bond acceptors (Lipinski definition) is 4. The average Bonchev–Trinajstić information content (AvgIpc) is 3.31. The van der Waals surface area contributed by atoms with E-state index in [2.05, 4.69) is 31.2 Å². The fourth-order valence-electron chi connectivity index (χ4n) is 5.40. The summed E-state index contributed by atoms with van der Waals surface area (Å²) in [6.45, 7) is 2.35. The van der Waals surface area contributed by atoms with Gasteiger partial charge in [-0.3, -0.25) is 4.90 Å². The predicted molar refractivity (Wildman–Crippen MR) is 115 cm³/mol. The molecule has 0 bridgehead atoms. The van der Waals surface area contributed by atoms with Gasteiger partial charge in [-0.1, -0.05) is 55.5 Å². The number of ether oxygens (including phenoxy) is 2. The van der Waals surface area contributed by atoms with E-state index in [1.807, 2.05) is 24.3 Å². The normalized spacial score (nSPS) is 27.2. The summed E-state index contributed by atoms with van der Waals surface area (Å²) in [5.41, 5.74) is 3.71. The molecule has 1 unspecified atom stereocenters. The Kier molecular flexibility index (Phi) is 4.97. The van der Waals surface area contributed by atoms with Gasteiger partial charge in [0, 0.05) is 5.92 Å². The fraction of sp³-hybridized carbons (Fsp3) is 0.440. The van der Waals surface area contributed by atoms with E-state index < -0.39 is 23.8 Å². The smallest absolute Gasteiger partial charge is 0.412 e. The van der Waals surface area contributed by atoms with E-state index >= 15 is 0 Å². The van der Waals surface area contributed by atoms with Crippen LogP contribution in [0.4, 0.5) is 4.79 Å². The Balaban J connectivity index is 1.39. The molecule has 2 aromatic rings. The topological polar surface area (TPSA) is 76.1 Å². The van der Waals surface area contributed by atoms with Gasteiger partial charge in [0.2, 0.25) is 0 Å². The molecule has 2 fully saturated rings. The van der Waals surface area contributed by atoms with Gasteiger partial charge in [0.15, 0.2) is 6.04 Å². The highest BCUT2D eigenvalue weighted by atomic mass is 16.6. The number of amides is 1. The van der Waals surface area contributed by atoms with Gasteiger partial charge in [-0.15, -0.1) is 0 Å². The number of carbonyl (C=O) groups excluding carboxylic acids is 1. The molecule has 1 saturated carbocycles. The molecule has 3 aliphatic rings. The minimum atomic E-state index is -1.05. The first-order chi connectivity index (χ1) is 15.0. The molecular weight excluding hydrogens is 394 g/mol. The van der Waals surface area contributed by atoms with Crippen LogP contribution in [0.3, 0.4) is 0 Å². The van der Waals surface area contributed by atoms with E-state index in [1.165, 1.54) is 4.90 Å². The molecule has 0 aromatic heterocycles. The van der Waals surface area contributed by atoms with Crippen LogP contribution in [-0.2, 0) is 14.3 Å². The second-order valence-electron chi connectivity index (χ2n) is 8.97. The lowest BCUT2D eigenvalue weighted by atomic mass is 9.84. The molecule has 2 aromatic carbocycles. The lowest BCUT2D eigenvalue weighted by molar-refractivity contribution is -0.144. The lowest BCUT2D eigenvalue weighted by Crippen LogP contribution is -2.55. The number of nitrogens with zero attached hydrogens (tertiary/aromatic N) is 1. The van der Waals surface area contributed by atoms with Gasteiger partial charge in [0.1, 0.15) is 12.3 Å². The Hall–Kier alpha value is -2.86. The van der Waals surface area contributed by atoms with Crippen molar-refractivity contribution >= 4 is 12.1 Å². The third kappa shape index (κ3) is 3.30. The predicted octanol–water partition coefficient (Wildman–Crippen LogP) is 4.63. The number of carboxylic acid groups (broad SMARTS) is 1. The van der Waals surface area contributed by atoms with Crippen LogP contribution in [0.2, 0.25) is 0 Å². The highest BCUT2D eigenvalue weighted by molar-refractivity contribution is 5.82. The minimum absolute atomic E-state index is 0.00785. The minimum Gasteiger partial charge on any atom is -0.480 e. The summed E-state index contributed by atoms with van der Waals surface area (Å²) in [5, 5.41) is 9.71. The first kappa shape index (κ1) is 20.1. The van der Waals surface area contributed by atoms with E-state index in [0.717, 1.165) is 35.1 Å². The van der Waals surface area contributed by atoms with Crippen molar-refractivity contribution in [1.29, 1.82) is 0 Å². The summed E-state index contributed by atoms with van der Waals surface area (Å²) in [5.74, 6) is -0.572. The highest BCUT2D eigenvalue weighted by Gasteiger charge is 2.54. The quantitative estimate of drug-likeness (QED) is 0.782. The Morgan fingerprint density at radius 1 is 1.06 bits per heavy atom. The van der Waals surface area contributed by atoms with Crippen LogP contribution in [0.25, 0.3) is 11.1 Å². The molecule has 1 spiro atoms. The third-order valence-corrected chi connectivity index (χ3v) is 7.13. The van der Waals surface area contributed by atoms with Crippen molar-refractivity contribution in [2.75, 3.05) is 13.2 Å². The zero-order valence-corrected chi connectivity index (χ0v) is 17.6. The van der Waals surface area contributed by atoms with Crippen molar-refractivity contribution in [2.24, 2.45) is 5.92 Å². The number of benzene rings is 2. The molecule has 2 aliphatic carbocycles. The Morgan fingerprint density at radius 2 is 1.65 bits per heavy atom. The van der Waals surface area contributed by atoms with E-state index in [4.69, 9.17) is 9.47 Å². The van der Waals surface area contributed by atoms with E-state index in [-0.39, 0.29) is 19.1 Å². The van der Waals surface area contributed by atoms with Gasteiger partial charge in [-0.05, 0) is 53.9 Å². The van der Waals surface area contributed by atoms with Crippen molar-refractivity contribution in [3.8, 4) is 11.1 Å². The zero-order chi connectivity index (χ0) is 21.6. The van der Waals surface area contributed by atoms with E-state index in [1.54, 1.807) is 0 Å². The first-order valence-electron chi connectivity index (χ1n) is 11.0. The summed E-state index contributed by atoms with van der Waals surface area (Å²) in [4.78, 5) is 26.5. The number of rotatable bonds is 3.